The van der Waals surface area contributed by atoms with Crippen molar-refractivity contribution < 1.29 is 24.3 Å². The molecule has 10 nitrogen and oxygen atoms in total. The minimum atomic E-state index is -1.16. The van der Waals surface area contributed by atoms with Gasteiger partial charge < -0.3 is 32.5 Å². The molecule has 0 saturated carbocycles. The maximum absolute atomic E-state index is 13.0. The predicted molar refractivity (Wildman–Crippen MR) is 130 cm³/mol. The number of carbonyl (C=O) groups is 4. The maximum Gasteiger partial charge on any atom is 0.326 e. The Morgan fingerprint density at radius 1 is 0.912 bits per heavy atom. The second-order valence-electron chi connectivity index (χ2n) is 8.58. The zero-order valence-electron chi connectivity index (χ0n) is 20.3. The van der Waals surface area contributed by atoms with Crippen LogP contribution in [0.25, 0.3) is 0 Å². The van der Waals surface area contributed by atoms with Gasteiger partial charge in [-0.25, -0.2) is 4.79 Å². The summed E-state index contributed by atoms with van der Waals surface area (Å²) in [6.07, 6.45) is 2.28. The molecule has 0 aromatic heterocycles. The van der Waals surface area contributed by atoms with E-state index in [0.717, 1.165) is 5.56 Å². The molecule has 5 atom stereocenters. The molecule has 10 heteroatoms. The lowest BCUT2D eigenvalue weighted by atomic mass is 9.99. The van der Waals surface area contributed by atoms with Gasteiger partial charge >= 0.3 is 5.97 Å². The van der Waals surface area contributed by atoms with Crippen molar-refractivity contribution in [3.05, 3.63) is 35.9 Å². The molecule has 0 radical (unpaired) electrons. The van der Waals surface area contributed by atoms with E-state index < -0.39 is 47.9 Å². The van der Waals surface area contributed by atoms with E-state index in [4.69, 9.17) is 11.5 Å². The Bertz CT molecular complexity index is 804. The molecule has 0 aliphatic carbocycles. The fraction of sp³-hybridized carbons (Fsp3) is 0.583. The van der Waals surface area contributed by atoms with E-state index in [0.29, 0.717) is 25.8 Å². The van der Waals surface area contributed by atoms with Crippen LogP contribution in [0.2, 0.25) is 0 Å². The largest absolute Gasteiger partial charge is 0.480 e. The molecule has 3 amide bonds. The van der Waals surface area contributed by atoms with Gasteiger partial charge in [-0.1, -0.05) is 50.6 Å². The molecule has 8 N–H and O–H groups in total. The molecule has 1 rings (SSSR count). The van der Waals surface area contributed by atoms with Crippen molar-refractivity contribution in [2.24, 2.45) is 17.4 Å². The number of amides is 3. The van der Waals surface area contributed by atoms with Crippen molar-refractivity contribution in [1.29, 1.82) is 0 Å². The normalized spacial score (nSPS) is 15.3. The monoisotopic (exact) mass is 477 g/mol. The maximum atomic E-state index is 13.0. The van der Waals surface area contributed by atoms with Gasteiger partial charge in [-0.05, 0) is 44.2 Å². The standard InChI is InChI=1S/C24H39N5O5/c1-4-15(2)20(26)23(32)27-16(3)21(30)29-19(14-17-10-6-5-7-11-17)22(31)28-18(24(33)34)12-8-9-13-25/h5-7,10-11,15-16,18-20H,4,8-9,12-14,25-26H2,1-3H3,(H,27,32)(H,28,31)(H,29,30)(H,33,34). The highest BCUT2D eigenvalue weighted by Crippen LogP contribution is 2.08. The number of carboxylic acids is 1. The SMILES string of the molecule is CCC(C)C(N)C(=O)NC(C)C(=O)NC(Cc1ccccc1)C(=O)NC(CCCCN)C(=O)O. The number of nitrogens with one attached hydrogen (secondary N) is 3. The van der Waals surface area contributed by atoms with Crippen LogP contribution in [-0.2, 0) is 25.6 Å². The van der Waals surface area contributed by atoms with Crippen LogP contribution in [0.5, 0.6) is 0 Å². The van der Waals surface area contributed by atoms with Gasteiger partial charge in [0.05, 0.1) is 6.04 Å². The first-order valence-electron chi connectivity index (χ1n) is 11.7. The second kappa shape index (κ2) is 15.0. The topological polar surface area (TPSA) is 177 Å². The third-order valence-corrected chi connectivity index (χ3v) is 5.79. The van der Waals surface area contributed by atoms with Gasteiger partial charge in [0.1, 0.15) is 18.1 Å². The molecule has 0 aliphatic heterocycles. The van der Waals surface area contributed by atoms with Gasteiger partial charge in [0.25, 0.3) is 0 Å². The Kier molecular flexibility index (Phi) is 12.8. The van der Waals surface area contributed by atoms with Crippen molar-refractivity contribution in [2.75, 3.05) is 6.54 Å². The van der Waals surface area contributed by atoms with Crippen LogP contribution < -0.4 is 27.4 Å². The molecule has 0 heterocycles. The number of carboxylic acid groups (broad SMARTS) is 1. The van der Waals surface area contributed by atoms with Crippen molar-refractivity contribution in [1.82, 2.24) is 16.0 Å². The van der Waals surface area contributed by atoms with Gasteiger partial charge in [-0.15, -0.1) is 0 Å². The molecule has 1 aromatic rings. The number of nitrogens with two attached hydrogens (primary N) is 2. The lowest BCUT2D eigenvalue weighted by molar-refractivity contribution is -0.142. The Balaban J connectivity index is 2.92. The predicted octanol–water partition coefficient (Wildman–Crippen LogP) is 0.290. The first-order chi connectivity index (χ1) is 16.1. The van der Waals surface area contributed by atoms with Crippen molar-refractivity contribution in [2.45, 2.75) is 77.0 Å². The van der Waals surface area contributed by atoms with Crippen LogP contribution in [0.15, 0.2) is 30.3 Å². The summed E-state index contributed by atoms with van der Waals surface area (Å²) in [6.45, 7) is 5.70. The lowest BCUT2D eigenvalue weighted by Gasteiger charge is -2.24. The van der Waals surface area contributed by atoms with Gasteiger partial charge in [-0.3, -0.25) is 14.4 Å². The highest BCUT2D eigenvalue weighted by Gasteiger charge is 2.29. The Morgan fingerprint density at radius 3 is 2.09 bits per heavy atom. The van der Waals surface area contributed by atoms with Crippen LogP contribution in [0.1, 0.15) is 52.0 Å². The van der Waals surface area contributed by atoms with E-state index in [1.54, 1.807) is 24.3 Å². The highest BCUT2D eigenvalue weighted by atomic mass is 16.4. The molecule has 1 aromatic carbocycles. The van der Waals surface area contributed by atoms with E-state index in [-0.39, 0.29) is 18.8 Å². The van der Waals surface area contributed by atoms with Crippen LogP contribution in [0.4, 0.5) is 0 Å². The Morgan fingerprint density at radius 2 is 1.53 bits per heavy atom. The van der Waals surface area contributed by atoms with Gasteiger partial charge in [0.15, 0.2) is 0 Å². The number of carbonyl (C=O) groups excluding carboxylic acids is 3. The molecule has 0 aliphatic rings. The average Bonchev–Trinajstić information content (AvgIpc) is 2.82. The van der Waals surface area contributed by atoms with Gasteiger partial charge in [0, 0.05) is 6.42 Å². The van der Waals surface area contributed by atoms with E-state index in [2.05, 4.69) is 16.0 Å². The quantitative estimate of drug-likeness (QED) is 0.197. The third kappa shape index (κ3) is 9.88. The van der Waals surface area contributed by atoms with Gasteiger partial charge in [0.2, 0.25) is 17.7 Å². The molecular weight excluding hydrogens is 438 g/mol. The Labute approximate surface area is 201 Å². The fourth-order valence-electron chi connectivity index (χ4n) is 3.27. The Hall–Kier alpha value is -2.98. The summed E-state index contributed by atoms with van der Waals surface area (Å²) in [7, 11) is 0. The molecule has 190 valence electrons. The summed E-state index contributed by atoms with van der Waals surface area (Å²) in [5.41, 5.74) is 12.2. The summed E-state index contributed by atoms with van der Waals surface area (Å²) in [4.78, 5) is 49.7. The molecule has 34 heavy (non-hydrogen) atoms. The molecule has 0 bridgehead atoms. The van der Waals surface area contributed by atoms with E-state index in [1.807, 2.05) is 19.9 Å². The van der Waals surface area contributed by atoms with Crippen LogP contribution >= 0.6 is 0 Å². The first kappa shape index (κ1) is 29.1. The van der Waals surface area contributed by atoms with Gasteiger partial charge in [-0.2, -0.15) is 0 Å². The molecular formula is C24H39N5O5. The fourth-order valence-corrected chi connectivity index (χ4v) is 3.27. The highest BCUT2D eigenvalue weighted by molar-refractivity contribution is 5.94. The van der Waals surface area contributed by atoms with Crippen LogP contribution in [0.3, 0.4) is 0 Å². The molecule has 0 fully saturated rings. The smallest absolute Gasteiger partial charge is 0.326 e. The van der Waals surface area contributed by atoms with E-state index >= 15 is 0 Å². The number of aliphatic carboxylic acids is 1. The summed E-state index contributed by atoms with van der Waals surface area (Å²) in [5.74, 6) is -2.86. The van der Waals surface area contributed by atoms with E-state index in [1.165, 1.54) is 6.92 Å². The minimum absolute atomic E-state index is 0.0564. The zero-order valence-corrected chi connectivity index (χ0v) is 20.3. The zero-order chi connectivity index (χ0) is 25.7. The van der Waals surface area contributed by atoms with Crippen LogP contribution in [-0.4, -0.2) is 59.5 Å². The minimum Gasteiger partial charge on any atom is -0.480 e. The summed E-state index contributed by atoms with van der Waals surface area (Å²) in [6, 6.07) is 5.22. The molecule has 0 saturated heterocycles. The summed E-state index contributed by atoms with van der Waals surface area (Å²) >= 11 is 0. The number of hydrogen-bond donors (Lipinski definition) is 6. The van der Waals surface area contributed by atoms with Crippen molar-refractivity contribution in [3.8, 4) is 0 Å². The summed E-state index contributed by atoms with van der Waals surface area (Å²) in [5, 5.41) is 17.2. The van der Waals surface area contributed by atoms with Crippen molar-refractivity contribution in [3.63, 3.8) is 0 Å². The number of benzene rings is 1. The number of hydrogen-bond acceptors (Lipinski definition) is 6. The third-order valence-electron chi connectivity index (χ3n) is 5.79. The number of unbranched alkanes of at least 4 members (excludes halogenated alkanes) is 1. The lowest BCUT2D eigenvalue weighted by Crippen LogP contribution is -2.57. The molecule has 0 spiro atoms. The van der Waals surface area contributed by atoms with Crippen molar-refractivity contribution >= 4 is 23.7 Å². The molecule has 5 unspecified atom stereocenters. The van der Waals surface area contributed by atoms with E-state index in [9.17, 15) is 24.3 Å². The second-order valence-corrected chi connectivity index (χ2v) is 8.58. The van der Waals surface area contributed by atoms with Crippen LogP contribution in [0, 0.1) is 5.92 Å². The number of rotatable bonds is 15. The summed E-state index contributed by atoms with van der Waals surface area (Å²) < 4.78 is 0. The first-order valence-corrected chi connectivity index (χ1v) is 11.7. The average molecular weight is 478 g/mol.